The van der Waals surface area contributed by atoms with Crippen molar-refractivity contribution in [2.45, 2.75) is 25.6 Å². The number of rotatable bonds is 3. The van der Waals surface area contributed by atoms with Gasteiger partial charge in [0.2, 0.25) is 0 Å². The van der Waals surface area contributed by atoms with Crippen molar-refractivity contribution in [2.75, 3.05) is 25.1 Å². The average molecular weight is 223 g/mol. The van der Waals surface area contributed by atoms with Gasteiger partial charge >= 0.3 is 0 Å². The molecular formula is C11H17N3O2. The van der Waals surface area contributed by atoms with Crippen molar-refractivity contribution in [2.24, 2.45) is 0 Å². The van der Waals surface area contributed by atoms with Gasteiger partial charge in [-0.3, -0.25) is 4.98 Å². The molecule has 0 saturated carbocycles. The molecule has 2 rings (SSSR count). The third kappa shape index (κ3) is 2.48. The van der Waals surface area contributed by atoms with Gasteiger partial charge < -0.3 is 14.7 Å². The van der Waals surface area contributed by atoms with E-state index in [0.29, 0.717) is 11.8 Å². The molecule has 0 unspecified atom stereocenters. The number of aliphatic hydroxyl groups is 1. The second kappa shape index (κ2) is 5.23. The topological polar surface area (TPSA) is 58.5 Å². The monoisotopic (exact) mass is 223 g/mol. The van der Waals surface area contributed by atoms with Gasteiger partial charge in [-0.25, -0.2) is 4.98 Å². The molecule has 0 aliphatic carbocycles. The molecule has 1 aliphatic heterocycles. The second-order valence-corrected chi connectivity index (χ2v) is 3.95. The number of nitrogens with zero attached hydrogens (tertiary/aromatic N) is 3. The first-order valence-corrected chi connectivity index (χ1v) is 5.53. The Kier molecular flexibility index (Phi) is 3.69. The zero-order chi connectivity index (χ0) is 11.4. The molecule has 1 aromatic rings. The van der Waals surface area contributed by atoms with Crippen molar-refractivity contribution >= 4 is 5.82 Å². The molecule has 1 fully saturated rings. The van der Waals surface area contributed by atoms with Crippen LogP contribution >= 0.6 is 0 Å². The third-order valence-electron chi connectivity index (χ3n) is 2.93. The SMILES string of the molecule is COC1CCN(c2cncc(CO)n2)CC1. The van der Waals surface area contributed by atoms with Crippen LogP contribution in [0.25, 0.3) is 0 Å². The maximum atomic E-state index is 9.00. The fourth-order valence-corrected chi connectivity index (χ4v) is 1.94. The van der Waals surface area contributed by atoms with Crippen molar-refractivity contribution < 1.29 is 9.84 Å². The van der Waals surface area contributed by atoms with E-state index in [4.69, 9.17) is 9.84 Å². The summed E-state index contributed by atoms with van der Waals surface area (Å²) in [7, 11) is 1.76. The molecule has 5 nitrogen and oxygen atoms in total. The summed E-state index contributed by atoms with van der Waals surface area (Å²) in [6.07, 6.45) is 5.73. The van der Waals surface area contributed by atoms with Gasteiger partial charge in [-0.15, -0.1) is 0 Å². The number of piperidine rings is 1. The fraction of sp³-hybridized carbons (Fsp3) is 0.636. The smallest absolute Gasteiger partial charge is 0.147 e. The molecular weight excluding hydrogens is 206 g/mol. The van der Waals surface area contributed by atoms with E-state index in [-0.39, 0.29) is 6.61 Å². The lowest BCUT2D eigenvalue weighted by molar-refractivity contribution is 0.0817. The standard InChI is InChI=1S/C11H17N3O2/c1-16-10-2-4-14(5-3-10)11-7-12-6-9(8-15)13-11/h6-7,10,15H,2-5,8H2,1H3. The van der Waals surface area contributed by atoms with E-state index >= 15 is 0 Å². The third-order valence-corrected chi connectivity index (χ3v) is 2.93. The first kappa shape index (κ1) is 11.3. The highest BCUT2D eigenvalue weighted by molar-refractivity contribution is 5.36. The van der Waals surface area contributed by atoms with E-state index in [2.05, 4.69) is 14.9 Å². The Morgan fingerprint density at radius 3 is 2.81 bits per heavy atom. The van der Waals surface area contributed by atoms with Crippen molar-refractivity contribution in [3.05, 3.63) is 18.1 Å². The van der Waals surface area contributed by atoms with E-state index < -0.39 is 0 Å². The number of anilines is 1. The maximum absolute atomic E-state index is 9.00. The van der Waals surface area contributed by atoms with Gasteiger partial charge in [0, 0.05) is 20.2 Å². The van der Waals surface area contributed by atoms with E-state index in [1.54, 1.807) is 19.5 Å². The summed E-state index contributed by atoms with van der Waals surface area (Å²) in [5.74, 6) is 0.848. The van der Waals surface area contributed by atoms with Gasteiger partial charge in [-0.1, -0.05) is 0 Å². The van der Waals surface area contributed by atoms with Crippen LogP contribution in [0.5, 0.6) is 0 Å². The largest absolute Gasteiger partial charge is 0.390 e. The Labute approximate surface area is 95.1 Å². The summed E-state index contributed by atoms with van der Waals surface area (Å²) in [4.78, 5) is 10.6. The summed E-state index contributed by atoms with van der Waals surface area (Å²) in [5.41, 5.74) is 0.617. The Morgan fingerprint density at radius 1 is 1.44 bits per heavy atom. The molecule has 2 heterocycles. The summed E-state index contributed by atoms with van der Waals surface area (Å²) in [5, 5.41) is 9.00. The number of hydrogen-bond donors (Lipinski definition) is 1. The first-order chi connectivity index (χ1) is 7.83. The minimum absolute atomic E-state index is 0.0601. The summed E-state index contributed by atoms with van der Waals surface area (Å²) in [6, 6.07) is 0. The Bertz CT molecular complexity index is 338. The molecule has 16 heavy (non-hydrogen) atoms. The maximum Gasteiger partial charge on any atom is 0.147 e. The highest BCUT2D eigenvalue weighted by Gasteiger charge is 2.19. The van der Waals surface area contributed by atoms with Crippen LogP contribution in [0.15, 0.2) is 12.4 Å². The molecule has 1 aliphatic rings. The van der Waals surface area contributed by atoms with E-state index in [1.807, 2.05) is 0 Å². The molecule has 0 aromatic carbocycles. The molecule has 1 saturated heterocycles. The van der Waals surface area contributed by atoms with Gasteiger partial charge in [0.05, 0.1) is 30.8 Å². The Hall–Kier alpha value is -1.20. The lowest BCUT2D eigenvalue weighted by atomic mass is 10.1. The van der Waals surface area contributed by atoms with Crippen LogP contribution in [0.2, 0.25) is 0 Å². The number of hydrogen-bond acceptors (Lipinski definition) is 5. The molecule has 0 radical (unpaired) electrons. The van der Waals surface area contributed by atoms with Crippen molar-refractivity contribution in [3.63, 3.8) is 0 Å². The molecule has 88 valence electrons. The van der Waals surface area contributed by atoms with Crippen LogP contribution in [-0.2, 0) is 11.3 Å². The minimum Gasteiger partial charge on any atom is -0.390 e. The number of aliphatic hydroxyl groups excluding tert-OH is 1. The zero-order valence-electron chi connectivity index (χ0n) is 9.46. The molecule has 1 aromatic heterocycles. The van der Waals surface area contributed by atoms with Crippen LogP contribution in [0.1, 0.15) is 18.5 Å². The summed E-state index contributed by atoms with van der Waals surface area (Å²) < 4.78 is 5.32. The number of ether oxygens (including phenoxy) is 1. The van der Waals surface area contributed by atoms with Gasteiger partial charge in [0.15, 0.2) is 0 Å². The minimum atomic E-state index is -0.0601. The van der Waals surface area contributed by atoms with Gasteiger partial charge in [0.1, 0.15) is 5.82 Å². The van der Waals surface area contributed by atoms with Crippen LogP contribution in [-0.4, -0.2) is 41.4 Å². The zero-order valence-corrected chi connectivity index (χ0v) is 9.46. The Morgan fingerprint density at radius 2 is 2.19 bits per heavy atom. The normalized spacial score (nSPS) is 17.8. The lowest BCUT2D eigenvalue weighted by Crippen LogP contribution is -2.37. The fourth-order valence-electron chi connectivity index (χ4n) is 1.94. The number of methoxy groups -OCH3 is 1. The van der Waals surface area contributed by atoms with Gasteiger partial charge in [-0.2, -0.15) is 0 Å². The summed E-state index contributed by atoms with van der Waals surface area (Å²) in [6.45, 7) is 1.81. The molecule has 1 N–H and O–H groups in total. The molecule has 5 heteroatoms. The van der Waals surface area contributed by atoms with Crippen LogP contribution in [0, 0.1) is 0 Å². The van der Waals surface area contributed by atoms with Crippen molar-refractivity contribution in [3.8, 4) is 0 Å². The highest BCUT2D eigenvalue weighted by Crippen LogP contribution is 2.18. The van der Waals surface area contributed by atoms with Gasteiger partial charge in [0.25, 0.3) is 0 Å². The van der Waals surface area contributed by atoms with E-state index in [9.17, 15) is 0 Å². The number of aromatic nitrogens is 2. The van der Waals surface area contributed by atoms with E-state index in [0.717, 1.165) is 31.7 Å². The molecule has 0 amide bonds. The molecule has 0 bridgehead atoms. The molecule has 0 spiro atoms. The van der Waals surface area contributed by atoms with Crippen LogP contribution in [0.3, 0.4) is 0 Å². The predicted octanol–water partition coefficient (Wildman–Crippen LogP) is 0.584. The first-order valence-electron chi connectivity index (χ1n) is 5.53. The highest BCUT2D eigenvalue weighted by atomic mass is 16.5. The van der Waals surface area contributed by atoms with Crippen molar-refractivity contribution in [1.29, 1.82) is 0 Å². The summed E-state index contributed by atoms with van der Waals surface area (Å²) >= 11 is 0. The average Bonchev–Trinajstić information content (AvgIpc) is 2.39. The quantitative estimate of drug-likeness (QED) is 0.812. The lowest BCUT2D eigenvalue weighted by Gasteiger charge is -2.31. The van der Waals surface area contributed by atoms with Crippen LogP contribution < -0.4 is 4.90 Å². The predicted molar refractivity (Wildman–Crippen MR) is 60.2 cm³/mol. The van der Waals surface area contributed by atoms with Crippen LogP contribution in [0.4, 0.5) is 5.82 Å². The molecule has 0 atom stereocenters. The Balaban J connectivity index is 2.02. The van der Waals surface area contributed by atoms with Gasteiger partial charge in [-0.05, 0) is 12.8 Å². The van der Waals surface area contributed by atoms with E-state index in [1.165, 1.54) is 0 Å². The van der Waals surface area contributed by atoms with Crippen molar-refractivity contribution in [1.82, 2.24) is 9.97 Å². The second-order valence-electron chi connectivity index (χ2n) is 3.95.